The Morgan fingerprint density at radius 1 is 1.08 bits per heavy atom. The van der Waals surface area contributed by atoms with Crippen LogP contribution >= 0.6 is 15.9 Å². The van der Waals surface area contributed by atoms with Gasteiger partial charge in [0.25, 0.3) is 0 Å². The highest BCUT2D eigenvalue weighted by Crippen LogP contribution is 2.51. The third kappa shape index (κ3) is 4.09. The highest BCUT2D eigenvalue weighted by Gasteiger charge is 2.39. The van der Waals surface area contributed by atoms with Crippen LogP contribution in [0.4, 0.5) is 5.69 Å². The predicted molar refractivity (Wildman–Crippen MR) is 112 cm³/mol. The Kier molecular flexibility index (Phi) is 5.54. The number of ether oxygens (including phenoxy) is 1. The van der Waals surface area contributed by atoms with Gasteiger partial charge in [0.1, 0.15) is 5.75 Å². The molecule has 1 saturated carbocycles. The van der Waals surface area contributed by atoms with Crippen molar-refractivity contribution in [1.82, 2.24) is 0 Å². The quantitative estimate of drug-likeness (QED) is 0.553. The molecule has 2 aliphatic rings. The van der Waals surface area contributed by atoms with Gasteiger partial charge in [-0.3, -0.25) is 0 Å². The predicted octanol–water partition coefficient (Wildman–Crippen LogP) is 6.26. The van der Waals surface area contributed by atoms with E-state index in [4.69, 9.17) is 4.74 Å². The van der Waals surface area contributed by atoms with Gasteiger partial charge in [-0.25, -0.2) is 0 Å². The van der Waals surface area contributed by atoms with E-state index in [2.05, 4.69) is 69.4 Å². The summed E-state index contributed by atoms with van der Waals surface area (Å²) in [5.41, 5.74) is 2.84. The van der Waals surface area contributed by atoms with Crippen LogP contribution in [-0.2, 0) is 0 Å². The normalized spacial score (nSPS) is 23.1. The molecule has 0 amide bonds. The maximum absolute atomic E-state index is 5.73. The topological polar surface area (TPSA) is 12.5 Å². The van der Waals surface area contributed by atoms with Crippen molar-refractivity contribution in [2.24, 2.45) is 11.8 Å². The number of benzene rings is 2. The molecule has 2 aromatic rings. The van der Waals surface area contributed by atoms with Crippen LogP contribution in [0.25, 0.3) is 0 Å². The second-order valence-electron chi connectivity index (χ2n) is 7.73. The van der Waals surface area contributed by atoms with Crippen molar-refractivity contribution in [2.45, 2.75) is 38.5 Å². The lowest BCUT2D eigenvalue weighted by Crippen LogP contribution is -2.33. The van der Waals surface area contributed by atoms with Gasteiger partial charge in [-0.05, 0) is 84.0 Å². The third-order valence-electron chi connectivity index (χ3n) is 5.98. The molecular weight excluding hydrogens is 386 g/mol. The van der Waals surface area contributed by atoms with Crippen LogP contribution in [0, 0.1) is 11.8 Å². The Morgan fingerprint density at radius 2 is 1.85 bits per heavy atom. The van der Waals surface area contributed by atoms with Gasteiger partial charge >= 0.3 is 0 Å². The number of anilines is 1. The lowest BCUT2D eigenvalue weighted by molar-refractivity contribution is 0.337. The van der Waals surface area contributed by atoms with E-state index in [0.717, 1.165) is 28.0 Å². The van der Waals surface area contributed by atoms with E-state index >= 15 is 0 Å². The average molecular weight is 414 g/mol. The van der Waals surface area contributed by atoms with Crippen LogP contribution in [0.2, 0.25) is 0 Å². The fourth-order valence-electron chi connectivity index (χ4n) is 4.43. The Labute approximate surface area is 165 Å². The van der Waals surface area contributed by atoms with Gasteiger partial charge in [-0.2, -0.15) is 0 Å². The first-order valence-corrected chi connectivity index (χ1v) is 10.8. The van der Waals surface area contributed by atoms with Gasteiger partial charge < -0.3 is 9.64 Å². The van der Waals surface area contributed by atoms with E-state index in [1.165, 1.54) is 44.5 Å². The largest absolute Gasteiger partial charge is 0.493 e. The maximum Gasteiger partial charge on any atom is 0.135 e. The van der Waals surface area contributed by atoms with Crippen LogP contribution < -0.4 is 9.64 Å². The molecule has 1 saturated heterocycles. The molecule has 138 valence electrons. The second kappa shape index (κ2) is 8.04. The number of halogens is 1. The van der Waals surface area contributed by atoms with Crippen LogP contribution in [0.15, 0.2) is 53.0 Å². The van der Waals surface area contributed by atoms with Crippen molar-refractivity contribution in [3.05, 3.63) is 58.6 Å². The van der Waals surface area contributed by atoms with E-state index in [1.807, 2.05) is 6.92 Å². The fraction of sp³-hybridized carbons (Fsp3) is 0.478. The van der Waals surface area contributed by atoms with Crippen LogP contribution in [-0.4, -0.2) is 19.7 Å². The molecule has 0 radical (unpaired) electrons. The number of hydrogen-bond donors (Lipinski definition) is 0. The van der Waals surface area contributed by atoms with E-state index in [-0.39, 0.29) is 0 Å². The minimum atomic E-state index is 0.702. The molecular formula is C23H28BrNO. The summed E-state index contributed by atoms with van der Waals surface area (Å²) < 4.78 is 6.77. The minimum Gasteiger partial charge on any atom is -0.493 e. The van der Waals surface area contributed by atoms with Crippen molar-refractivity contribution in [1.29, 1.82) is 0 Å². The molecule has 1 heterocycles. The molecule has 2 fully saturated rings. The molecule has 0 N–H and O–H groups in total. The van der Waals surface area contributed by atoms with Crippen LogP contribution in [0.5, 0.6) is 5.75 Å². The molecule has 26 heavy (non-hydrogen) atoms. The Hall–Kier alpha value is -1.48. The van der Waals surface area contributed by atoms with Gasteiger partial charge in [0, 0.05) is 24.8 Å². The molecule has 2 atom stereocenters. The zero-order chi connectivity index (χ0) is 17.9. The lowest BCUT2D eigenvalue weighted by atomic mass is 9.90. The highest BCUT2D eigenvalue weighted by molar-refractivity contribution is 9.10. The fourth-order valence-corrected chi connectivity index (χ4v) is 4.79. The SMILES string of the molecule is CCOc1cc(N2CCC(C[C@@H]3C[C@H]3c3ccccc3)CC2)ccc1Br. The molecule has 2 aromatic carbocycles. The summed E-state index contributed by atoms with van der Waals surface area (Å²) in [5.74, 6) is 3.60. The van der Waals surface area contributed by atoms with Crippen molar-refractivity contribution in [3.63, 3.8) is 0 Å². The number of rotatable bonds is 6. The molecule has 0 unspecified atom stereocenters. The van der Waals surface area contributed by atoms with E-state index in [9.17, 15) is 0 Å². The standard InChI is InChI=1S/C23H28BrNO/c1-2-26-23-16-20(8-9-22(23)24)25-12-10-17(11-13-25)14-19-15-21(19)18-6-4-3-5-7-18/h3-9,16-17,19,21H,2,10-15H2,1H3/t19-,21+/m1/s1. The molecule has 3 heteroatoms. The van der Waals surface area contributed by atoms with Gasteiger partial charge in [0.05, 0.1) is 11.1 Å². The summed E-state index contributed by atoms with van der Waals surface area (Å²) in [4.78, 5) is 2.52. The monoisotopic (exact) mass is 413 g/mol. The van der Waals surface area contributed by atoms with Crippen molar-refractivity contribution in [2.75, 3.05) is 24.6 Å². The first kappa shape index (κ1) is 17.9. The Morgan fingerprint density at radius 3 is 2.58 bits per heavy atom. The van der Waals surface area contributed by atoms with E-state index < -0.39 is 0 Å². The number of nitrogens with zero attached hydrogens (tertiary/aromatic N) is 1. The van der Waals surface area contributed by atoms with E-state index in [1.54, 1.807) is 5.56 Å². The molecule has 4 rings (SSSR count). The summed E-state index contributed by atoms with van der Waals surface area (Å²) in [6.07, 6.45) is 5.45. The summed E-state index contributed by atoms with van der Waals surface area (Å²) >= 11 is 3.58. The van der Waals surface area contributed by atoms with Gasteiger partial charge in [0.15, 0.2) is 0 Å². The first-order valence-electron chi connectivity index (χ1n) is 9.97. The summed E-state index contributed by atoms with van der Waals surface area (Å²) in [5, 5.41) is 0. The zero-order valence-electron chi connectivity index (χ0n) is 15.5. The minimum absolute atomic E-state index is 0.702. The molecule has 0 aromatic heterocycles. The summed E-state index contributed by atoms with van der Waals surface area (Å²) in [7, 11) is 0. The first-order chi connectivity index (χ1) is 12.7. The van der Waals surface area contributed by atoms with E-state index in [0.29, 0.717) is 6.61 Å². The highest BCUT2D eigenvalue weighted by atomic mass is 79.9. The molecule has 1 aliphatic carbocycles. The second-order valence-corrected chi connectivity index (χ2v) is 8.58. The van der Waals surface area contributed by atoms with Gasteiger partial charge in [0.2, 0.25) is 0 Å². The maximum atomic E-state index is 5.73. The van der Waals surface area contributed by atoms with Gasteiger partial charge in [-0.1, -0.05) is 30.3 Å². The van der Waals surface area contributed by atoms with Gasteiger partial charge in [-0.15, -0.1) is 0 Å². The summed E-state index contributed by atoms with van der Waals surface area (Å²) in [6.45, 7) is 5.07. The number of hydrogen-bond acceptors (Lipinski definition) is 2. The number of piperidine rings is 1. The smallest absolute Gasteiger partial charge is 0.135 e. The molecule has 0 spiro atoms. The third-order valence-corrected chi connectivity index (χ3v) is 6.64. The van der Waals surface area contributed by atoms with Crippen molar-refractivity contribution < 1.29 is 4.74 Å². The molecule has 2 nitrogen and oxygen atoms in total. The van der Waals surface area contributed by atoms with Crippen LogP contribution in [0.1, 0.15) is 44.1 Å². The zero-order valence-corrected chi connectivity index (χ0v) is 17.1. The Balaban J connectivity index is 1.29. The van der Waals surface area contributed by atoms with Crippen molar-refractivity contribution in [3.8, 4) is 5.75 Å². The molecule has 0 bridgehead atoms. The summed E-state index contributed by atoms with van der Waals surface area (Å²) in [6, 6.07) is 17.6. The van der Waals surface area contributed by atoms with Crippen molar-refractivity contribution >= 4 is 21.6 Å². The lowest BCUT2D eigenvalue weighted by Gasteiger charge is -2.34. The molecule has 1 aliphatic heterocycles. The van der Waals surface area contributed by atoms with Crippen LogP contribution in [0.3, 0.4) is 0 Å². The Bertz CT molecular complexity index is 724. The average Bonchev–Trinajstić information content (AvgIpc) is 3.44.